The Morgan fingerprint density at radius 3 is 2.67 bits per heavy atom. The van der Waals surface area contributed by atoms with E-state index in [4.69, 9.17) is 17.3 Å². The molecule has 18 heavy (non-hydrogen) atoms. The summed E-state index contributed by atoms with van der Waals surface area (Å²) in [5.74, 6) is 0. The summed E-state index contributed by atoms with van der Waals surface area (Å²) in [5, 5.41) is 0.817. The zero-order valence-corrected chi connectivity index (χ0v) is 13.4. The summed E-state index contributed by atoms with van der Waals surface area (Å²) in [6.07, 6.45) is 5.55. The smallest absolute Gasteiger partial charge is 0.0449 e. The molecule has 1 atom stereocenters. The van der Waals surface area contributed by atoms with E-state index in [0.717, 1.165) is 28.8 Å². The lowest BCUT2D eigenvalue weighted by atomic mass is 9.66. The van der Waals surface area contributed by atoms with Crippen molar-refractivity contribution in [3.63, 3.8) is 0 Å². The van der Waals surface area contributed by atoms with Gasteiger partial charge in [0.25, 0.3) is 0 Å². The first-order valence-corrected chi connectivity index (χ1v) is 7.70. The molecule has 0 amide bonds. The van der Waals surface area contributed by atoms with Gasteiger partial charge in [-0.2, -0.15) is 0 Å². The molecule has 1 aliphatic rings. The first-order chi connectivity index (χ1) is 8.30. The van der Waals surface area contributed by atoms with Crippen LogP contribution in [0, 0.1) is 5.41 Å². The number of benzene rings is 1. The first-order valence-electron chi connectivity index (χ1n) is 6.53. The highest BCUT2D eigenvalue weighted by molar-refractivity contribution is 9.10. The number of rotatable bonds is 2. The van der Waals surface area contributed by atoms with Crippen LogP contribution in [0.4, 0.5) is 0 Å². The summed E-state index contributed by atoms with van der Waals surface area (Å²) >= 11 is 9.73. The molecule has 100 valence electrons. The van der Waals surface area contributed by atoms with Gasteiger partial charge in [0, 0.05) is 15.0 Å². The first kappa shape index (κ1) is 14.4. The van der Waals surface area contributed by atoms with Crippen molar-refractivity contribution in [3.8, 4) is 0 Å². The number of halogens is 2. The summed E-state index contributed by atoms with van der Waals surface area (Å²) in [6, 6.07) is 6.08. The van der Waals surface area contributed by atoms with Crippen LogP contribution in [0.25, 0.3) is 0 Å². The molecule has 0 radical (unpaired) electrons. The molecule has 1 nitrogen and oxygen atoms in total. The van der Waals surface area contributed by atoms with Crippen LogP contribution in [0.5, 0.6) is 0 Å². The molecule has 1 aromatic rings. The second-order valence-corrected chi connectivity index (χ2v) is 7.79. The normalized spacial score (nSPS) is 27.2. The molecular formula is C15H21BrClN. The standard InChI is InChI=1S/C15H21BrClN/c1-14(2)6-3-7-15(18,10-14)9-11-4-5-12(16)8-13(11)17/h4-5,8H,3,6-7,9-10,18H2,1-2H3. The fourth-order valence-corrected chi connectivity index (χ4v) is 3.98. The molecule has 0 heterocycles. The minimum atomic E-state index is -0.0980. The number of hydrogen-bond acceptors (Lipinski definition) is 1. The van der Waals surface area contributed by atoms with Gasteiger partial charge in [-0.15, -0.1) is 0 Å². The maximum Gasteiger partial charge on any atom is 0.0449 e. The predicted octanol–water partition coefficient (Wildman–Crippen LogP) is 4.94. The highest BCUT2D eigenvalue weighted by Gasteiger charge is 2.37. The van der Waals surface area contributed by atoms with Gasteiger partial charge in [0.15, 0.2) is 0 Å². The Morgan fingerprint density at radius 1 is 1.33 bits per heavy atom. The van der Waals surface area contributed by atoms with Crippen molar-refractivity contribution in [2.75, 3.05) is 0 Å². The predicted molar refractivity (Wildman–Crippen MR) is 82.0 cm³/mol. The van der Waals surface area contributed by atoms with E-state index >= 15 is 0 Å². The van der Waals surface area contributed by atoms with Crippen LogP contribution in [0.1, 0.15) is 45.1 Å². The van der Waals surface area contributed by atoms with Gasteiger partial charge in [0.05, 0.1) is 0 Å². The van der Waals surface area contributed by atoms with E-state index in [0.29, 0.717) is 5.41 Å². The van der Waals surface area contributed by atoms with Crippen LogP contribution >= 0.6 is 27.5 Å². The molecular weight excluding hydrogens is 310 g/mol. The second-order valence-electron chi connectivity index (χ2n) is 6.47. The summed E-state index contributed by atoms with van der Waals surface area (Å²) in [5.41, 5.74) is 8.03. The largest absolute Gasteiger partial charge is 0.325 e. The lowest BCUT2D eigenvalue weighted by Gasteiger charge is -2.43. The lowest BCUT2D eigenvalue weighted by Crippen LogP contribution is -2.48. The topological polar surface area (TPSA) is 26.0 Å². The minimum Gasteiger partial charge on any atom is -0.325 e. The van der Waals surface area contributed by atoms with Gasteiger partial charge in [0.1, 0.15) is 0 Å². The van der Waals surface area contributed by atoms with Gasteiger partial charge in [-0.3, -0.25) is 0 Å². The van der Waals surface area contributed by atoms with Crippen LogP contribution in [-0.2, 0) is 6.42 Å². The van der Waals surface area contributed by atoms with Crippen molar-refractivity contribution in [3.05, 3.63) is 33.3 Å². The third kappa shape index (κ3) is 3.49. The monoisotopic (exact) mass is 329 g/mol. The van der Waals surface area contributed by atoms with Gasteiger partial charge in [-0.1, -0.05) is 53.9 Å². The van der Waals surface area contributed by atoms with Crippen LogP contribution in [0.2, 0.25) is 5.02 Å². The van der Waals surface area contributed by atoms with E-state index in [-0.39, 0.29) is 5.54 Å². The molecule has 2 N–H and O–H groups in total. The Bertz CT molecular complexity index is 444. The van der Waals surface area contributed by atoms with Crippen molar-refractivity contribution in [1.82, 2.24) is 0 Å². The van der Waals surface area contributed by atoms with Gasteiger partial charge in [-0.05, 0) is 48.8 Å². The molecule has 0 spiro atoms. The third-order valence-electron chi connectivity index (χ3n) is 3.92. The highest BCUT2D eigenvalue weighted by Crippen LogP contribution is 2.41. The molecule has 3 heteroatoms. The molecule has 1 aliphatic carbocycles. The van der Waals surface area contributed by atoms with Crippen LogP contribution in [0.3, 0.4) is 0 Å². The van der Waals surface area contributed by atoms with E-state index in [9.17, 15) is 0 Å². The third-order valence-corrected chi connectivity index (χ3v) is 4.76. The molecule has 1 saturated carbocycles. The Labute approximate surface area is 123 Å². The Balaban J connectivity index is 2.17. The van der Waals surface area contributed by atoms with Crippen molar-refractivity contribution < 1.29 is 0 Å². The average molecular weight is 331 g/mol. The fourth-order valence-electron chi connectivity index (χ4n) is 3.24. The van der Waals surface area contributed by atoms with Gasteiger partial charge < -0.3 is 5.73 Å². The molecule has 0 saturated heterocycles. The molecule has 2 rings (SSSR count). The minimum absolute atomic E-state index is 0.0980. The van der Waals surface area contributed by atoms with Crippen molar-refractivity contribution >= 4 is 27.5 Å². The van der Waals surface area contributed by atoms with Crippen molar-refractivity contribution in [2.24, 2.45) is 11.1 Å². The molecule has 1 aromatic carbocycles. The molecule has 0 aromatic heterocycles. The van der Waals surface area contributed by atoms with Crippen LogP contribution < -0.4 is 5.73 Å². The van der Waals surface area contributed by atoms with Crippen LogP contribution in [0.15, 0.2) is 22.7 Å². The van der Waals surface area contributed by atoms with Crippen molar-refractivity contribution in [1.29, 1.82) is 0 Å². The van der Waals surface area contributed by atoms with E-state index in [1.807, 2.05) is 12.1 Å². The Morgan fingerprint density at radius 2 is 2.06 bits per heavy atom. The van der Waals surface area contributed by atoms with Gasteiger partial charge >= 0.3 is 0 Å². The molecule has 0 bridgehead atoms. The summed E-state index contributed by atoms with van der Waals surface area (Å²) in [4.78, 5) is 0. The maximum atomic E-state index is 6.60. The van der Waals surface area contributed by atoms with Gasteiger partial charge in [-0.25, -0.2) is 0 Å². The number of nitrogens with two attached hydrogens (primary N) is 1. The van der Waals surface area contributed by atoms with Crippen molar-refractivity contribution in [2.45, 2.75) is 51.5 Å². The lowest BCUT2D eigenvalue weighted by molar-refractivity contribution is 0.151. The zero-order valence-electron chi connectivity index (χ0n) is 11.1. The van der Waals surface area contributed by atoms with E-state index in [2.05, 4.69) is 35.8 Å². The summed E-state index contributed by atoms with van der Waals surface area (Å²) in [6.45, 7) is 4.63. The van der Waals surface area contributed by atoms with E-state index < -0.39 is 0 Å². The summed E-state index contributed by atoms with van der Waals surface area (Å²) < 4.78 is 1.02. The average Bonchev–Trinajstić information content (AvgIpc) is 2.20. The summed E-state index contributed by atoms with van der Waals surface area (Å²) in [7, 11) is 0. The molecule has 0 aliphatic heterocycles. The van der Waals surface area contributed by atoms with E-state index in [1.165, 1.54) is 18.4 Å². The zero-order chi connectivity index (χ0) is 13.4. The number of hydrogen-bond donors (Lipinski definition) is 1. The molecule has 1 fully saturated rings. The quantitative estimate of drug-likeness (QED) is 0.816. The second kappa shape index (κ2) is 5.15. The van der Waals surface area contributed by atoms with Crippen LogP contribution in [-0.4, -0.2) is 5.54 Å². The van der Waals surface area contributed by atoms with Gasteiger partial charge in [0.2, 0.25) is 0 Å². The van der Waals surface area contributed by atoms with E-state index in [1.54, 1.807) is 0 Å². The fraction of sp³-hybridized carbons (Fsp3) is 0.600. The highest BCUT2D eigenvalue weighted by atomic mass is 79.9. The Kier molecular flexibility index (Phi) is 4.10. The Hall–Kier alpha value is -0.0500. The maximum absolute atomic E-state index is 6.60. The molecule has 1 unspecified atom stereocenters. The SMILES string of the molecule is CC1(C)CCCC(N)(Cc2ccc(Br)cc2Cl)C1.